The summed E-state index contributed by atoms with van der Waals surface area (Å²) in [6, 6.07) is 0. The smallest absolute Gasteiger partial charge is 0.122 e. The van der Waals surface area contributed by atoms with Crippen molar-refractivity contribution in [2.75, 3.05) is 13.2 Å². The number of allylic oxidation sites excluding steroid dienone is 1. The van der Waals surface area contributed by atoms with E-state index in [2.05, 4.69) is 4.94 Å². The molecule has 2 N–H and O–H groups in total. The normalized spacial score (nSPS) is 14.3. The van der Waals surface area contributed by atoms with Crippen molar-refractivity contribution >= 4 is 0 Å². The number of halogens is 1. The molecule has 0 radical (unpaired) electrons. The van der Waals surface area contributed by atoms with Gasteiger partial charge in [0.05, 0.1) is 6.61 Å². The van der Waals surface area contributed by atoms with Crippen molar-refractivity contribution in [3.8, 4) is 0 Å². The predicted molar refractivity (Wildman–Crippen MR) is 47.8 cm³/mol. The third kappa shape index (κ3) is 4.05. The van der Waals surface area contributed by atoms with E-state index in [-0.39, 0.29) is 19.0 Å². The van der Waals surface area contributed by atoms with Crippen LogP contribution in [0.1, 0.15) is 20.3 Å². The molecule has 0 rings (SSSR count). The summed E-state index contributed by atoms with van der Waals surface area (Å²) >= 11 is 0. The lowest BCUT2D eigenvalue weighted by Gasteiger charge is -2.06. The lowest BCUT2D eigenvalue weighted by Crippen LogP contribution is -2.01. The van der Waals surface area contributed by atoms with Crippen LogP contribution in [-0.4, -0.2) is 23.4 Å². The number of hydrogen-bond donors (Lipinski definition) is 2. The molecule has 0 bridgehead atoms. The minimum Gasteiger partial charge on any atom is -0.508 e. The SMILES string of the molecule is CC/C=C(CO)\C(O)=C(/C)COF. The Morgan fingerprint density at radius 2 is 2.15 bits per heavy atom. The van der Waals surface area contributed by atoms with Crippen LogP contribution in [0.25, 0.3) is 0 Å². The molecule has 0 aromatic rings. The van der Waals surface area contributed by atoms with E-state index in [9.17, 15) is 9.63 Å². The molecule has 0 aromatic heterocycles. The highest BCUT2D eigenvalue weighted by atomic mass is 19.3. The van der Waals surface area contributed by atoms with Gasteiger partial charge in [-0.15, -0.1) is 0 Å². The first-order valence-electron chi connectivity index (χ1n) is 4.09. The summed E-state index contributed by atoms with van der Waals surface area (Å²) in [7, 11) is 0. The number of aliphatic hydroxyl groups excluding tert-OH is 2. The molecule has 0 spiro atoms. The molecule has 0 heterocycles. The molecule has 13 heavy (non-hydrogen) atoms. The average molecular weight is 190 g/mol. The van der Waals surface area contributed by atoms with E-state index in [1.807, 2.05) is 6.92 Å². The lowest BCUT2D eigenvalue weighted by molar-refractivity contribution is -0.121. The molecule has 0 aromatic carbocycles. The third-order valence-corrected chi connectivity index (χ3v) is 1.60. The van der Waals surface area contributed by atoms with Crippen LogP contribution in [0.4, 0.5) is 4.53 Å². The largest absolute Gasteiger partial charge is 0.508 e. The molecular formula is C9H15FO3. The standard InChI is InChI=1S/C9H15FO3/c1-3-4-8(5-11)9(12)7(2)6-13-10/h4,11-12H,3,5-6H2,1-2H3/b8-4-,9-7-. The van der Waals surface area contributed by atoms with E-state index < -0.39 is 0 Å². The summed E-state index contributed by atoms with van der Waals surface area (Å²) in [5, 5.41) is 18.3. The molecule has 0 aliphatic heterocycles. The van der Waals surface area contributed by atoms with Gasteiger partial charge in [-0.3, -0.25) is 0 Å². The van der Waals surface area contributed by atoms with E-state index in [0.29, 0.717) is 17.6 Å². The predicted octanol–water partition coefficient (Wildman–Crippen LogP) is 2.05. The summed E-state index contributed by atoms with van der Waals surface area (Å²) < 4.78 is 11.4. The number of rotatable bonds is 5. The summed E-state index contributed by atoms with van der Waals surface area (Å²) in [6.45, 7) is 2.87. The van der Waals surface area contributed by atoms with Gasteiger partial charge in [-0.1, -0.05) is 13.0 Å². The van der Waals surface area contributed by atoms with E-state index in [0.717, 1.165) is 0 Å². The quantitative estimate of drug-likeness (QED) is 0.515. The van der Waals surface area contributed by atoms with E-state index >= 15 is 0 Å². The second kappa shape index (κ2) is 6.62. The molecule has 0 atom stereocenters. The maximum absolute atomic E-state index is 11.4. The fraction of sp³-hybridized carbons (Fsp3) is 0.556. The summed E-state index contributed by atoms with van der Waals surface area (Å²) in [5.41, 5.74) is 0.758. The highest BCUT2D eigenvalue weighted by molar-refractivity contribution is 5.29. The van der Waals surface area contributed by atoms with E-state index in [4.69, 9.17) is 5.11 Å². The first kappa shape index (κ1) is 12.1. The highest BCUT2D eigenvalue weighted by Crippen LogP contribution is 2.12. The fourth-order valence-corrected chi connectivity index (χ4v) is 0.907. The Balaban J connectivity index is 4.60. The summed E-state index contributed by atoms with van der Waals surface area (Å²) in [6.07, 6.45) is 2.38. The van der Waals surface area contributed by atoms with Crippen LogP contribution in [0.3, 0.4) is 0 Å². The maximum Gasteiger partial charge on any atom is 0.122 e. The van der Waals surface area contributed by atoms with E-state index in [1.165, 1.54) is 6.92 Å². The van der Waals surface area contributed by atoms with Crippen molar-refractivity contribution in [3.05, 3.63) is 23.0 Å². The van der Waals surface area contributed by atoms with Gasteiger partial charge in [-0.05, 0) is 23.4 Å². The second-order valence-corrected chi connectivity index (χ2v) is 2.68. The molecule has 0 fully saturated rings. The van der Waals surface area contributed by atoms with Gasteiger partial charge in [0.15, 0.2) is 0 Å². The minimum absolute atomic E-state index is 0.0954. The van der Waals surface area contributed by atoms with Crippen LogP contribution < -0.4 is 0 Å². The van der Waals surface area contributed by atoms with Crippen molar-refractivity contribution in [2.24, 2.45) is 0 Å². The third-order valence-electron chi connectivity index (χ3n) is 1.60. The van der Waals surface area contributed by atoms with Gasteiger partial charge in [0, 0.05) is 5.57 Å². The molecule has 3 nitrogen and oxygen atoms in total. The van der Waals surface area contributed by atoms with Gasteiger partial charge in [0.2, 0.25) is 0 Å². The minimum atomic E-state index is -0.285. The molecule has 0 saturated carbocycles. The molecular weight excluding hydrogens is 175 g/mol. The van der Waals surface area contributed by atoms with Crippen molar-refractivity contribution in [1.82, 2.24) is 0 Å². The average Bonchev–Trinajstić information content (AvgIpc) is 2.13. The molecule has 0 aliphatic carbocycles. The second-order valence-electron chi connectivity index (χ2n) is 2.68. The van der Waals surface area contributed by atoms with Gasteiger partial charge in [0.25, 0.3) is 0 Å². The first-order valence-corrected chi connectivity index (χ1v) is 4.09. The van der Waals surface area contributed by atoms with Gasteiger partial charge in [0.1, 0.15) is 12.4 Å². The molecule has 0 saturated heterocycles. The van der Waals surface area contributed by atoms with Crippen molar-refractivity contribution < 1.29 is 19.7 Å². The number of hydrogen-bond acceptors (Lipinski definition) is 3. The fourth-order valence-electron chi connectivity index (χ4n) is 0.907. The van der Waals surface area contributed by atoms with Crippen LogP contribution in [0.5, 0.6) is 0 Å². The van der Waals surface area contributed by atoms with Crippen LogP contribution in [-0.2, 0) is 4.94 Å². The summed E-state index contributed by atoms with van der Waals surface area (Å²) in [5.74, 6) is -0.0954. The van der Waals surface area contributed by atoms with Crippen molar-refractivity contribution in [1.29, 1.82) is 0 Å². The lowest BCUT2D eigenvalue weighted by atomic mass is 10.1. The van der Waals surface area contributed by atoms with Crippen LogP contribution >= 0.6 is 0 Å². The zero-order chi connectivity index (χ0) is 10.3. The maximum atomic E-state index is 11.4. The van der Waals surface area contributed by atoms with Crippen molar-refractivity contribution in [3.63, 3.8) is 0 Å². The molecule has 0 amide bonds. The molecule has 0 unspecified atom stereocenters. The number of aliphatic hydroxyl groups is 2. The Bertz CT molecular complexity index is 209. The molecule has 76 valence electrons. The zero-order valence-corrected chi connectivity index (χ0v) is 7.88. The Morgan fingerprint density at radius 3 is 2.54 bits per heavy atom. The highest BCUT2D eigenvalue weighted by Gasteiger charge is 2.06. The summed E-state index contributed by atoms with van der Waals surface area (Å²) in [4.78, 5) is 3.37. The Kier molecular flexibility index (Phi) is 6.18. The Hall–Kier alpha value is -0.870. The van der Waals surface area contributed by atoms with Crippen LogP contribution in [0, 0.1) is 0 Å². The van der Waals surface area contributed by atoms with Gasteiger partial charge < -0.3 is 10.2 Å². The Morgan fingerprint density at radius 1 is 1.54 bits per heavy atom. The van der Waals surface area contributed by atoms with Gasteiger partial charge >= 0.3 is 0 Å². The molecule has 4 heteroatoms. The first-order chi connectivity index (χ1) is 6.17. The van der Waals surface area contributed by atoms with Crippen LogP contribution in [0.15, 0.2) is 23.0 Å². The molecule has 0 aliphatic rings. The topological polar surface area (TPSA) is 49.7 Å². The van der Waals surface area contributed by atoms with Gasteiger partial charge in [-0.25, -0.2) is 0 Å². The van der Waals surface area contributed by atoms with Crippen molar-refractivity contribution in [2.45, 2.75) is 20.3 Å². The van der Waals surface area contributed by atoms with Crippen LogP contribution in [0.2, 0.25) is 0 Å². The Labute approximate surface area is 77.0 Å². The monoisotopic (exact) mass is 190 g/mol. The zero-order valence-electron chi connectivity index (χ0n) is 7.88. The van der Waals surface area contributed by atoms with E-state index in [1.54, 1.807) is 6.08 Å². The van der Waals surface area contributed by atoms with Gasteiger partial charge in [-0.2, -0.15) is 4.94 Å².